The summed E-state index contributed by atoms with van der Waals surface area (Å²) >= 11 is 0. The van der Waals surface area contributed by atoms with Gasteiger partial charge in [0.05, 0.1) is 0 Å². The standard InChI is InChI=1S/C22H31N3O3/c1-17(2)24(15-18-11-7-6-8-12-18)19(26)16-25-20(27)22(23-21(25)28)13-9-4-3-5-10-14-22/h6-8,11-12,17H,3-5,9-10,13-16H2,1-2H3,(H,23,28). The molecule has 0 aromatic heterocycles. The lowest BCUT2D eigenvalue weighted by Crippen LogP contribution is -2.48. The third-order valence-electron chi connectivity index (χ3n) is 5.89. The molecule has 0 unspecified atom stereocenters. The van der Waals surface area contributed by atoms with E-state index in [2.05, 4.69) is 5.32 Å². The summed E-state index contributed by atoms with van der Waals surface area (Å²) in [4.78, 5) is 41.5. The average Bonchev–Trinajstić information content (AvgIpc) is 2.88. The maximum atomic E-state index is 13.1. The van der Waals surface area contributed by atoms with Gasteiger partial charge in [0.2, 0.25) is 5.91 Å². The normalized spacial score (nSPS) is 19.5. The maximum absolute atomic E-state index is 13.1. The molecular formula is C22H31N3O3. The Bertz CT molecular complexity index is 709. The monoisotopic (exact) mass is 385 g/mol. The van der Waals surface area contributed by atoms with Crippen LogP contribution in [-0.2, 0) is 16.1 Å². The summed E-state index contributed by atoms with van der Waals surface area (Å²) in [5.74, 6) is -0.429. The fraction of sp³-hybridized carbons (Fsp3) is 0.591. The summed E-state index contributed by atoms with van der Waals surface area (Å²) in [5.41, 5.74) is 0.220. The fourth-order valence-corrected chi connectivity index (χ4v) is 4.23. The zero-order chi connectivity index (χ0) is 20.1. The van der Waals surface area contributed by atoms with Crippen LogP contribution in [-0.4, -0.2) is 45.8 Å². The lowest BCUT2D eigenvalue weighted by molar-refractivity contribution is -0.140. The smallest absolute Gasteiger partial charge is 0.325 e. The second-order valence-corrected chi connectivity index (χ2v) is 8.27. The highest BCUT2D eigenvalue weighted by Crippen LogP contribution is 2.32. The second-order valence-electron chi connectivity index (χ2n) is 8.27. The van der Waals surface area contributed by atoms with Crippen molar-refractivity contribution in [3.63, 3.8) is 0 Å². The molecule has 1 spiro atoms. The van der Waals surface area contributed by atoms with E-state index >= 15 is 0 Å². The first kappa shape index (κ1) is 20.4. The minimum atomic E-state index is -0.806. The average molecular weight is 386 g/mol. The Hall–Kier alpha value is -2.37. The van der Waals surface area contributed by atoms with E-state index in [4.69, 9.17) is 0 Å². The quantitative estimate of drug-likeness (QED) is 0.789. The molecule has 4 amide bonds. The van der Waals surface area contributed by atoms with Gasteiger partial charge in [-0.2, -0.15) is 0 Å². The van der Waals surface area contributed by atoms with Crippen LogP contribution < -0.4 is 5.32 Å². The molecule has 0 atom stereocenters. The number of amides is 4. The number of nitrogens with zero attached hydrogens (tertiary/aromatic N) is 2. The summed E-state index contributed by atoms with van der Waals surface area (Å²) in [6, 6.07) is 9.31. The lowest BCUT2D eigenvalue weighted by atomic mass is 9.84. The molecule has 3 rings (SSSR count). The predicted octanol–water partition coefficient (Wildman–Crippen LogP) is 3.46. The summed E-state index contributed by atoms with van der Waals surface area (Å²) in [5, 5.41) is 2.93. The molecule has 1 N–H and O–H groups in total. The minimum absolute atomic E-state index is 0.0242. The van der Waals surface area contributed by atoms with Gasteiger partial charge in [-0.05, 0) is 32.3 Å². The Morgan fingerprint density at radius 2 is 1.68 bits per heavy atom. The van der Waals surface area contributed by atoms with Crippen molar-refractivity contribution in [1.82, 2.24) is 15.1 Å². The predicted molar refractivity (Wildman–Crippen MR) is 107 cm³/mol. The van der Waals surface area contributed by atoms with Crippen LogP contribution in [0.4, 0.5) is 4.79 Å². The Balaban J connectivity index is 1.71. The lowest BCUT2D eigenvalue weighted by Gasteiger charge is -2.30. The van der Waals surface area contributed by atoms with E-state index in [1.165, 1.54) is 6.42 Å². The number of carbonyl (C=O) groups excluding carboxylic acids is 3. The van der Waals surface area contributed by atoms with Crippen LogP contribution in [0.2, 0.25) is 0 Å². The number of imide groups is 1. The van der Waals surface area contributed by atoms with Crippen molar-refractivity contribution in [1.29, 1.82) is 0 Å². The molecule has 28 heavy (non-hydrogen) atoms. The van der Waals surface area contributed by atoms with Gasteiger partial charge in [-0.3, -0.25) is 14.5 Å². The topological polar surface area (TPSA) is 69.7 Å². The van der Waals surface area contributed by atoms with Crippen molar-refractivity contribution in [3.8, 4) is 0 Å². The van der Waals surface area contributed by atoms with Gasteiger partial charge in [-0.1, -0.05) is 62.4 Å². The summed E-state index contributed by atoms with van der Waals surface area (Å²) < 4.78 is 0. The largest absolute Gasteiger partial charge is 0.334 e. The first-order valence-corrected chi connectivity index (χ1v) is 10.4. The third-order valence-corrected chi connectivity index (χ3v) is 5.89. The van der Waals surface area contributed by atoms with E-state index in [-0.39, 0.29) is 24.4 Å². The SMILES string of the molecule is CC(C)N(Cc1ccccc1)C(=O)CN1C(=O)NC2(CCCCCCC2)C1=O. The van der Waals surface area contributed by atoms with Crippen LogP contribution >= 0.6 is 0 Å². The molecule has 0 bridgehead atoms. The molecular weight excluding hydrogens is 354 g/mol. The number of nitrogens with one attached hydrogen (secondary N) is 1. The number of urea groups is 1. The molecule has 2 aliphatic rings. The van der Waals surface area contributed by atoms with Crippen LogP contribution in [0, 0.1) is 0 Å². The van der Waals surface area contributed by atoms with Gasteiger partial charge in [0.15, 0.2) is 0 Å². The number of benzene rings is 1. The molecule has 1 aromatic carbocycles. The molecule has 0 radical (unpaired) electrons. The molecule has 152 valence electrons. The van der Waals surface area contributed by atoms with Crippen molar-refractivity contribution < 1.29 is 14.4 Å². The highest BCUT2D eigenvalue weighted by Gasteiger charge is 2.51. The van der Waals surface area contributed by atoms with Crippen molar-refractivity contribution in [3.05, 3.63) is 35.9 Å². The maximum Gasteiger partial charge on any atom is 0.325 e. The van der Waals surface area contributed by atoms with E-state index < -0.39 is 11.6 Å². The molecule has 1 aliphatic heterocycles. The van der Waals surface area contributed by atoms with Crippen LogP contribution in [0.25, 0.3) is 0 Å². The van der Waals surface area contributed by atoms with Gasteiger partial charge in [0, 0.05) is 12.6 Å². The zero-order valence-electron chi connectivity index (χ0n) is 16.9. The zero-order valence-corrected chi connectivity index (χ0v) is 16.9. The molecule has 1 aliphatic carbocycles. The summed E-state index contributed by atoms with van der Waals surface area (Å²) in [7, 11) is 0. The molecule has 2 fully saturated rings. The van der Waals surface area contributed by atoms with Crippen molar-refractivity contribution in [2.24, 2.45) is 0 Å². The van der Waals surface area contributed by atoms with Gasteiger partial charge in [-0.25, -0.2) is 4.79 Å². The van der Waals surface area contributed by atoms with Crippen LogP contribution in [0.3, 0.4) is 0 Å². The third kappa shape index (κ3) is 4.37. The first-order chi connectivity index (χ1) is 13.4. The highest BCUT2D eigenvalue weighted by molar-refractivity contribution is 6.09. The van der Waals surface area contributed by atoms with E-state index in [9.17, 15) is 14.4 Å². The van der Waals surface area contributed by atoms with Crippen molar-refractivity contribution in [2.45, 2.75) is 76.9 Å². The molecule has 1 heterocycles. The van der Waals surface area contributed by atoms with Crippen LogP contribution in [0.15, 0.2) is 30.3 Å². The Morgan fingerprint density at radius 1 is 1.07 bits per heavy atom. The van der Waals surface area contributed by atoms with Crippen molar-refractivity contribution >= 4 is 17.8 Å². The second kappa shape index (κ2) is 8.76. The Morgan fingerprint density at radius 3 is 2.29 bits per heavy atom. The first-order valence-electron chi connectivity index (χ1n) is 10.4. The van der Waals surface area contributed by atoms with Gasteiger partial charge in [0.1, 0.15) is 12.1 Å². The van der Waals surface area contributed by atoms with E-state index in [1.807, 2.05) is 44.2 Å². The van der Waals surface area contributed by atoms with Crippen LogP contribution in [0.5, 0.6) is 0 Å². The fourth-order valence-electron chi connectivity index (χ4n) is 4.23. The summed E-state index contributed by atoms with van der Waals surface area (Å²) in [6.07, 6.45) is 6.55. The van der Waals surface area contributed by atoms with Crippen LogP contribution in [0.1, 0.15) is 64.4 Å². The van der Waals surface area contributed by atoms with Crippen molar-refractivity contribution in [2.75, 3.05) is 6.54 Å². The molecule has 1 aromatic rings. The van der Waals surface area contributed by atoms with E-state index in [0.717, 1.165) is 36.1 Å². The molecule has 1 saturated heterocycles. The molecule has 6 nitrogen and oxygen atoms in total. The number of carbonyl (C=O) groups is 3. The van der Waals surface area contributed by atoms with E-state index in [0.29, 0.717) is 19.4 Å². The summed E-state index contributed by atoms with van der Waals surface area (Å²) in [6.45, 7) is 4.16. The number of hydrogen-bond acceptors (Lipinski definition) is 3. The van der Waals surface area contributed by atoms with Gasteiger partial charge in [0.25, 0.3) is 5.91 Å². The van der Waals surface area contributed by atoms with E-state index in [1.54, 1.807) is 4.90 Å². The highest BCUT2D eigenvalue weighted by atomic mass is 16.2. The minimum Gasteiger partial charge on any atom is -0.334 e. The number of rotatable bonds is 5. The Labute approximate surface area is 167 Å². The number of hydrogen-bond donors (Lipinski definition) is 1. The Kier molecular flexibility index (Phi) is 6.37. The van der Waals surface area contributed by atoms with Gasteiger partial charge >= 0.3 is 6.03 Å². The van der Waals surface area contributed by atoms with Gasteiger partial charge < -0.3 is 10.2 Å². The molecule has 1 saturated carbocycles. The molecule has 6 heteroatoms. The van der Waals surface area contributed by atoms with Gasteiger partial charge in [-0.15, -0.1) is 0 Å².